The largest absolute Gasteiger partial charge is 0.486 e. The van der Waals surface area contributed by atoms with Crippen molar-refractivity contribution >= 4 is 0 Å². The third-order valence-corrected chi connectivity index (χ3v) is 3.57. The second-order valence-electron chi connectivity index (χ2n) is 5.03. The van der Waals surface area contributed by atoms with Crippen molar-refractivity contribution in [3.05, 3.63) is 23.8 Å². The Kier molecular flexibility index (Phi) is 3.57. The lowest BCUT2D eigenvalue weighted by molar-refractivity contribution is 0.171. The van der Waals surface area contributed by atoms with Gasteiger partial charge < -0.3 is 15.2 Å². The van der Waals surface area contributed by atoms with Crippen molar-refractivity contribution in [2.24, 2.45) is 17.6 Å². The maximum atomic E-state index is 6.28. The second kappa shape index (κ2) is 4.96. The van der Waals surface area contributed by atoms with E-state index in [-0.39, 0.29) is 6.04 Å². The van der Waals surface area contributed by atoms with E-state index in [0.29, 0.717) is 25.0 Å². The summed E-state index contributed by atoms with van der Waals surface area (Å²) in [5, 5.41) is 0. The highest BCUT2D eigenvalue weighted by molar-refractivity contribution is 5.44. The zero-order valence-electron chi connectivity index (χ0n) is 10.8. The second-order valence-corrected chi connectivity index (χ2v) is 5.03. The summed E-state index contributed by atoms with van der Waals surface area (Å²) in [7, 11) is 0. The molecule has 0 saturated carbocycles. The van der Waals surface area contributed by atoms with E-state index in [0.717, 1.165) is 17.1 Å². The maximum absolute atomic E-state index is 6.28. The molecule has 17 heavy (non-hydrogen) atoms. The summed E-state index contributed by atoms with van der Waals surface area (Å²) in [6.07, 6.45) is 0. The molecular formula is C14H21NO2. The molecule has 0 aliphatic carbocycles. The van der Waals surface area contributed by atoms with E-state index < -0.39 is 0 Å². The Morgan fingerprint density at radius 1 is 1.06 bits per heavy atom. The Morgan fingerprint density at radius 3 is 2.35 bits per heavy atom. The molecule has 1 aromatic rings. The van der Waals surface area contributed by atoms with E-state index in [4.69, 9.17) is 15.2 Å². The first-order valence-corrected chi connectivity index (χ1v) is 6.24. The van der Waals surface area contributed by atoms with E-state index in [1.165, 1.54) is 0 Å². The summed E-state index contributed by atoms with van der Waals surface area (Å²) in [5.41, 5.74) is 7.40. The van der Waals surface area contributed by atoms with Crippen LogP contribution in [0.5, 0.6) is 11.5 Å². The van der Waals surface area contributed by atoms with Crippen molar-refractivity contribution in [3.63, 3.8) is 0 Å². The van der Waals surface area contributed by atoms with E-state index >= 15 is 0 Å². The molecule has 0 spiro atoms. The smallest absolute Gasteiger partial charge is 0.161 e. The molecule has 0 aromatic heterocycles. The summed E-state index contributed by atoms with van der Waals surface area (Å²) in [5.74, 6) is 2.65. The lowest BCUT2D eigenvalue weighted by atomic mass is 9.86. The van der Waals surface area contributed by atoms with Crippen molar-refractivity contribution in [3.8, 4) is 11.5 Å². The molecule has 0 radical (unpaired) electrons. The van der Waals surface area contributed by atoms with Crippen LogP contribution in [0.4, 0.5) is 0 Å². The molecule has 3 nitrogen and oxygen atoms in total. The van der Waals surface area contributed by atoms with Crippen LogP contribution in [-0.2, 0) is 0 Å². The Hall–Kier alpha value is -1.22. The molecule has 0 fully saturated rings. The maximum Gasteiger partial charge on any atom is 0.161 e. The molecule has 1 aliphatic heterocycles. The zero-order chi connectivity index (χ0) is 12.4. The van der Waals surface area contributed by atoms with E-state index in [9.17, 15) is 0 Å². The summed E-state index contributed by atoms with van der Waals surface area (Å²) >= 11 is 0. The lowest BCUT2D eigenvalue weighted by Crippen LogP contribution is -2.23. The third-order valence-electron chi connectivity index (χ3n) is 3.57. The monoisotopic (exact) mass is 235 g/mol. The van der Waals surface area contributed by atoms with Gasteiger partial charge in [-0.3, -0.25) is 0 Å². The highest BCUT2D eigenvalue weighted by Gasteiger charge is 2.20. The molecule has 1 aromatic carbocycles. The molecule has 2 N–H and O–H groups in total. The van der Waals surface area contributed by atoms with Crippen molar-refractivity contribution in [2.75, 3.05) is 13.2 Å². The normalized spacial score (nSPS) is 17.9. The van der Waals surface area contributed by atoms with Crippen molar-refractivity contribution < 1.29 is 9.47 Å². The van der Waals surface area contributed by atoms with Gasteiger partial charge in [0.25, 0.3) is 0 Å². The van der Waals surface area contributed by atoms with Gasteiger partial charge in [-0.2, -0.15) is 0 Å². The molecule has 1 aliphatic rings. The van der Waals surface area contributed by atoms with Gasteiger partial charge in [-0.05, 0) is 29.5 Å². The first-order chi connectivity index (χ1) is 8.09. The van der Waals surface area contributed by atoms with Gasteiger partial charge in [0.05, 0.1) is 0 Å². The van der Waals surface area contributed by atoms with Crippen molar-refractivity contribution in [2.45, 2.75) is 26.8 Å². The Balaban J connectivity index is 2.21. The highest BCUT2D eigenvalue weighted by atomic mass is 16.6. The Morgan fingerprint density at radius 2 is 1.71 bits per heavy atom. The van der Waals surface area contributed by atoms with Gasteiger partial charge in [-0.15, -0.1) is 0 Å². The minimum absolute atomic E-state index is 0.0471. The van der Waals surface area contributed by atoms with E-state index in [1.807, 2.05) is 18.2 Å². The first kappa shape index (κ1) is 12.2. The average Bonchev–Trinajstić information content (AvgIpc) is 2.36. The first-order valence-electron chi connectivity index (χ1n) is 6.24. The topological polar surface area (TPSA) is 44.5 Å². The van der Waals surface area contributed by atoms with Crippen LogP contribution < -0.4 is 15.2 Å². The summed E-state index contributed by atoms with van der Waals surface area (Å²) in [4.78, 5) is 0. The standard InChI is InChI=1S/C14H21NO2/c1-9(2)10(3)14(15)11-4-5-12-13(8-11)17-7-6-16-12/h4-5,8-10,14H,6-7,15H2,1-3H3. The van der Waals surface area contributed by atoms with Crippen LogP contribution >= 0.6 is 0 Å². The predicted molar refractivity (Wildman–Crippen MR) is 68.4 cm³/mol. The summed E-state index contributed by atoms with van der Waals surface area (Å²) in [6, 6.07) is 6.05. The van der Waals surface area contributed by atoms with Gasteiger partial charge in [-0.25, -0.2) is 0 Å². The fraction of sp³-hybridized carbons (Fsp3) is 0.571. The van der Waals surface area contributed by atoms with Crippen LogP contribution in [0.1, 0.15) is 32.4 Å². The van der Waals surface area contributed by atoms with Gasteiger partial charge in [0.15, 0.2) is 11.5 Å². The fourth-order valence-electron chi connectivity index (χ4n) is 1.99. The number of fused-ring (bicyclic) bond motifs is 1. The van der Waals surface area contributed by atoms with Crippen LogP contribution in [0.3, 0.4) is 0 Å². The number of ether oxygens (including phenoxy) is 2. The molecule has 0 saturated heterocycles. The molecule has 3 heteroatoms. The highest BCUT2D eigenvalue weighted by Crippen LogP contribution is 2.34. The fourth-order valence-corrected chi connectivity index (χ4v) is 1.99. The molecule has 0 bridgehead atoms. The predicted octanol–water partition coefficient (Wildman–Crippen LogP) is 2.75. The quantitative estimate of drug-likeness (QED) is 0.876. The Bertz CT molecular complexity index is 390. The number of rotatable bonds is 3. The molecule has 2 unspecified atom stereocenters. The van der Waals surface area contributed by atoms with Crippen LogP contribution in [0.15, 0.2) is 18.2 Å². The van der Waals surface area contributed by atoms with Crippen LogP contribution in [0.2, 0.25) is 0 Å². The minimum atomic E-state index is 0.0471. The zero-order valence-corrected chi connectivity index (χ0v) is 10.8. The number of nitrogens with two attached hydrogens (primary N) is 1. The van der Waals surface area contributed by atoms with Crippen molar-refractivity contribution in [1.82, 2.24) is 0 Å². The van der Waals surface area contributed by atoms with Gasteiger partial charge in [-0.1, -0.05) is 26.8 Å². The summed E-state index contributed by atoms with van der Waals surface area (Å²) in [6.45, 7) is 7.82. The lowest BCUT2D eigenvalue weighted by Gasteiger charge is -2.25. The van der Waals surface area contributed by atoms with E-state index in [1.54, 1.807) is 0 Å². The average molecular weight is 235 g/mol. The third kappa shape index (κ3) is 2.55. The molecule has 0 amide bonds. The van der Waals surface area contributed by atoms with E-state index in [2.05, 4.69) is 20.8 Å². The molecule has 94 valence electrons. The van der Waals surface area contributed by atoms with Gasteiger partial charge >= 0.3 is 0 Å². The summed E-state index contributed by atoms with van der Waals surface area (Å²) < 4.78 is 11.1. The van der Waals surface area contributed by atoms with Gasteiger partial charge in [0, 0.05) is 6.04 Å². The van der Waals surface area contributed by atoms with Gasteiger partial charge in [0.1, 0.15) is 13.2 Å². The van der Waals surface area contributed by atoms with Crippen LogP contribution in [0.25, 0.3) is 0 Å². The molecular weight excluding hydrogens is 214 g/mol. The SMILES string of the molecule is CC(C)C(C)C(N)c1ccc2c(c1)OCCO2. The molecule has 2 atom stereocenters. The number of hydrogen-bond acceptors (Lipinski definition) is 3. The van der Waals surface area contributed by atoms with Crippen LogP contribution in [-0.4, -0.2) is 13.2 Å². The van der Waals surface area contributed by atoms with Crippen LogP contribution in [0, 0.1) is 11.8 Å². The number of hydrogen-bond donors (Lipinski definition) is 1. The van der Waals surface area contributed by atoms with Gasteiger partial charge in [0.2, 0.25) is 0 Å². The molecule has 1 heterocycles. The number of benzene rings is 1. The minimum Gasteiger partial charge on any atom is -0.486 e. The van der Waals surface area contributed by atoms with Crippen molar-refractivity contribution in [1.29, 1.82) is 0 Å². The molecule has 2 rings (SSSR count). The Labute approximate surface area is 103 Å².